The normalized spacial score (nSPS) is 17.5. The van der Waals surface area contributed by atoms with E-state index >= 15 is 0 Å². The average molecular weight is 437 g/mol. The van der Waals surface area contributed by atoms with E-state index in [2.05, 4.69) is 33.3 Å². The van der Waals surface area contributed by atoms with Gasteiger partial charge in [-0.25, -0.2) is 9.36 Å². The van der Waals surface area contributed by atoms with Crippen molar-refractivity contribution in [1.82, 2.24) is 19.7 Å². The second kappa shape index (κ2) is 8.37. The van der Waals surface area contributed by atoms with Gasteiger partial charge < -0.3 is 9.47 Å². The van der Waals surface area contributed by atoms with Gasteiger partial charge in [0.05, 0.1) is 24.4 Å². The molecule has 0 unspecified atom stereocenters. The van der Waals surface area contributed by atoms with E-state index in [1.54, 1.807) is 4.57 Å². The van der Waals surface area contributed by atoms with E-state index < -0.39 is 5.60 Å². The van der Waals surface area contributed by atoms with E-state index in [9.17, 15) is 4.79 Å². The zero-order valence-electron chi connectivity index (χ0n) is 19.2. The molecule has 5 rings (SSSR count). The topological polar surface area (TPSA) is 72.4 Å². The molecule has 0 amide bonds. The second-order valence-electron chi connectivity index (χ2n) is 9.86. The van der Waals surface area contributed by atoms with Gasteiger partial charge in [-0.15, -0.1) is 0 Å². The van der Waals surface area contributed by atoms with Crippen molar-refractivity contribution in [2.45, 2.75) is 58.6 Å². The van der Waals surface area contributed by atoms with E-state index in [0.29, 0.717) is 0 Å². The molecular formula is C25H32N4O3. The Hall–Kier alpha value is -2.64. The van der Waals surface area contributed by atoms with E-state index in [1.165, 1.54) is 23.2 Å². The molecule has 170 valence electrons. The van der Waals surface area contributed by atoms with Crippen LogP contribution >= 0.6 is 0 Å². The Morgan fingerprint density at radius 1 is 1.16 bits per heavy atom. The molecule has 0 saturated carbocycles. The van der Waals surface area contributed by atoms with Crippen LogP contribution < -0.4 is 0 Å². The SMILES string of the molecule is CC(C)(C)OC(=O)n1c(-c2n[nH]c3c2CCCC3)cc2cc(CN3CCOCC3)ccc21. The van der Waals surface area contributed by atoms with Crippen molar-refractivity contribution in [3.8, 4) is 11.4 Å². The van der Waals surface area contributed by atoms with Gasteiger partial charge in [-0.2, -0.15) is 5.10 Å². The Labute approximate surface area is 188 Å². The summed E-state index contributed by atoms with van der Waals surface area (Å²) in [6.07, 6.45) is 3.96. The zero-order valence-corrected chi connectivity index (χ0v) is 19.2. The minimum atomic E-state index is -0.577. The third kappa shape index (κ3) is 4.19. The van der Waals surface area contributed by atoms with Crippen LogP contribution in [0.3, 0.4) is 0 Å². The fraction of sp³-hybridized carbons (Fsp3) is 0.520. The van der Waals surface area contributed by atoms with Crippen LogP contribution in [-0.4, -0.2) is 57.7 Å². The second-order valence-corrected chi connectivity index (χ2v) is 9.86. The Kier molecular flexibility index (Phi) is 5.55. The van der Waals surface area contributed by atoms with Crippen molar-refractivity contribution in [3.05, 3.63) is 41.1 Å². The number of aromatic nitrogens is 3. The molecule has 3 heterocycles. The fourth-order valence-corrected chi connectivity index (χ4v) is 4.75. The van der Waals surface area contributed by atoms with Crippen molar-refractivity contribution in [2.24, 2.45) is 0 Å². The van der Waals surface area contributed by atoms with Gasteiger partial charge in [-0.3, -0.25) is 10.00 Å². The van der Waals surface area contributed by atoms with Crippen LogP contribution in [0.1, 0.15) is 50.4 Å². The number of aromatic amines is 1. The van der Waals surface area contributed by atoms with Crippen LogP contribution in [0, 0.1) is 0 Å². The number of H-pyrrole nitrogens is 1. The minimum Gasteiger partial charge on any atom is -0.443 e. The number of rotatable bonds is 3. The van der Waals surface area contributed by atoms with Gasteiger partial charge >= 0.3 is 6.09 Å². The summed E-state index contributed by atoms with van der Waals surface area (Å²) in [6, 6.07) is 8.43. The molecule has 2 aliphatic rings. The Morgan fingerprint density at radius 3 is 2.72 bits per heavy atom. The van der Waals surface area contributed by atoms with Crippen molar-refractivity contribution in [2.75, 3.05) is 26.3 Å². The van der Waals surface area contributed by atoms with Gasteiger partial charge in [0.25, 0.3) is 0 Å². The summed E-state index contributed by atoms with van der Waals surface area (Å²) in [5.41, 5.74) is 5.61. The highest BCUT2D eigenvalue weighted by Crippen LogP contribution is 2.34. The number of hydrogen-bond acceptors (Lipinski definition) is 5. The smallest absolute Gasteiger partial charge is 0.419 e. The Morgan fingerprint density at radius 2 is 1.94 bits per heavy atom. The number of nitrogens with one attached hydrogen (secondary N) is 1. The average Bonchev–Trinajstić information content (AvgIpc) is 3.34. The number of fused-ring (bicyclic) bond motifs is 2. The van der Waals surface area contributed by atoms with Crippen LogP contribution in [0.15, 0.2) is 24.3 Å². The molecule has 1 aromatic carbocycles. The van der Waals surface area contributed by atoms with Gasteiger partial charge in [-0.1, -0.05) is 6.07 Å². The molecule has 0 spiro atoms. The minimum absolute atomic E-state index is 0.365. The Bertz CT molecular complexity index is 1130. The summed E-state index contributed by atoms with van der Waals surface area (Å²) in [5.74, 6) is 0. The van der Waals surface area contributed by atoms with Crippen molar-refractivity contribution in [1.29, 1.82) is 0 Å². The molecular weight excluding hydrogens is 404 g/mol. The number of morpholine rings is 1. The molecule has 1 aliphatic heterocycles. The highest BCUT2D eigenvalue weighted by atomic mass is 16.6. The van der Waals surface area contributed by atoms with Crippen LogP contribution in [0.4, 0.5) is 4.79 Å². The molecule has 0 radical (unpaired) electrons. The first kappa shape index (κ1) is 21.2. The first-order valence-electron chi connectivity index (χ1n) is 11.6. The van der Waals surface area contributed by atoms with Crippen molar-refractivity contribution >= 4 is 17.0 Å². The molecule has 0 atom stereocenters. The molecule has 3 aromatic rings. The van der Waals surface area contributed by atoms with Gasteiger partial charge in [0.2, 0.25) is 0 Å². The number of carbonyl (C=O) groups is 1. The third-order valence-corrected chi connectivity index (χ3v) is 6.25. The monoisotopic (exact) mass is 436 g/mol. The maximum Gasteiger partial charge on any atom is 0.419 e. The maximum absolute atomic E-state index is 13.3. The van der Waals surface area contributed by atoms with E-state index in [1.807, 2.05) is 26.8 Å². The highest BCUT2D eigenvalue weighted by molar-refractivity contribution is 5.96. The van der Waals surface area contributed by atoms with Crippen molar-refractivity contribution < 1.29 is 14.3 Å². The van der Waals surface area contributed by atoms with Gasteiger partial charge in [0.15, 0.2) is 0 Å². The number of ether oxygens (including phenoxy) is 2. The highest BCUT2D eigenvalue weighted by Gasteiger charge is 2.27. The first-order chi connectivity index (χ1) is 15.4. The number of aryl methyl sites for hydroxylation is 1. The van der Waals surface area contributed by atoms with Crippen molar-refractivity contribution in [3.63, 3.8) is 0 Å². The largest absolute Gasteiger partial charge is 0.443 e. The van der Waals surface area contributed by atoms with Crippen LogP contribution in [0.2, 0.25) is 0 Å². The summed E-state index contributed by atoms with van der Waals surface area (Å²) in [7, 11) is 0. The number of carbonyl (C=O) groups excluding carboxylic acids is 1. The zero-order chi connectivity index (χ0) is 22.3. The lowest BCUT2D eigenvalue weighted by atomic mass is 9.95. The lowest BCUT2D eigenvalue weighted by molar-refractivity contribution is 0.0342. The summed E-state index contributed by atoms with van der Waals surface area (Å²) < 4.78 is 13.0. The Balaban J connectivity index is 1.58. The van der Waals surface area contributed by atoms with Gasteiger partial charge in [0.1, 0.15) is 11.3 Å². The van der Waals surface area contributed by atoms with Crippen LogP contribution in [-0.2, 0) is 28.9 Å². The summed E-state index contributed by atoms with van der Waals surface area (Å²) >= 11 is 0. The fourth-order valence-electron chi connectivity index (χ4n) is 4.75. The summed E-state index contributed by atoms with van der Waals surface area (Å²) in [5, 5.41) is 8.89. The molecule has 7 nitrogen and oxygen atoms in total. The lowest BCUT2D eigenvalue weighted by Crippen LogP contribution is -2.35. The molecule has 1 fully saturated rings. The summed E-state index contributed by atoms with van der Waals surface area (Å²) in [4.78, 5) is 15.7. The number of hydrogen-bond donors (Lipinski definition) is 1. The first-order valence-corrected chi connectivity index (χ1v) is 11.6. The van der Waals surface area contributed by atoms with E-state index in [4.69, 9.17) is 9.47 Å². The lowest BCUT2D eigenvalue weighted by Gasteiger charge is -2.26. The number of benzene rings is 1. The molecule has 2 aromatic heterocycles. The molecule has 7 heteroatoms. The summed E-state index contributed by atoms with van der Waals surface area (Å²) in [6.45, 7) is 10.0. The molecule has 1 saturated heterocycles. The maximum atomic E-state index is 13.3. The predicted molar refractivity (Wildman–Crippen MR) is 124 cm³/mol. The predicted octanol–water partition coefficient (Wildman–Crippen LogP) is 4.53. The molecule has 0 bridgehead atoms. The van der Waals surface area contributed by atoms with Crippen LogP contribution in [0.5, 0.6) is 0 Å². The van der Waals surface area contributed by atoms with E-state index in [0.717, 1.165) is 74.4 Å². The molecule has 32 heavy (non-hydrogen) atoms. The van der Waals surface area contributed by atoms with Gasteiger partial charge in [0, 0.05) is 36.3 Å². The van der Waals surface area contributed by atoms with Crippen LogP contribution in [0.25, 0.3) is 22.3 Å². The number of nitrogens with zero attached hydrogens (tertiary/aromatic N) is 3. The molecule has 1 N–H and O–H groups in total. The quantitative estimate of drug-likeness (QED) is 0.653. The third-order valence-electron chi connectivity index (χ3n) is 6.25. The van der Waals surface area contributed by atoms with E-state index in [-0.39, 0.29) is 6.09 Å². The molecule has 1 aliphatic carbocycles. The standard InChI is InChI=1S/C25H32N4O3/c1-25(2,3)32-24(30)29-21-9-8-17(16-28-10-12-31-13-11-28)14-18(21)15-22(29)23-19-6-4-5-7-20(19)26-27-23/h8-9,14-15H,4-7,10-13,16H2,1-3H3,(H,26,27). The van der Waals surface area contributed by atoms with Gasteiger partial charge in [-0.05, 0) is 70.2 Å².